The molecule has 0 radical (unpaired) electrons. The average molecular weight is 255 g/mol. The molecule has 1 aromatic heterocycles. The summed E-state index contributed by atoms with van der Waals surface area (Å²) in [6, 6.07) is 0.909. The van der Waals surface area contributed by atoms with Crippen molar-refractivity contribution in [1.82, 2.24) is 4.98 Å². The van der Waals surface area contributed by atoms with Crippen molar-refractivity contribution in [3.8, 4) is 0 Å². The molecule has 2 N–H and O–H groups in total. The Balaban J connectivity index is 3.30. The van der Waals surface area contributed by atoms with Crippen molar-refractivity contribution in [2.45, 2.75) is 13.0 Å². The molecule has 0 saturated carbocycles. The summed E-state index contributed by atoms with van der Waals surface area (Å²) in [6.07, 6.45) is -2.71. The van der Waals surface area contributed by atoms with E-state index in [1.165, 1.54) is 0 Å². The Hall–Kier alpha value is -0.620. The quantitative estimate of drug-likeness (QED) is 0.824. The van der Waals surface area contributed by atoms with Gasteiger partial charge in [-0.15, -0.1) is 0 Å². The first-order valence-corrected chi connectivity index (χ1v) is 4.18. The largest absolute Gasteiger partial charge is 0.326 e. The molecule has 13 heavy (non-hydrogen) atoms. The number of hydrogen-bond acceptors (Lipinski definition) is 2. The van der Waals surface area contributed by atoms with Crippen LogP contribution in [0.1, 0.15) is 17.6 Å². The summed E-state index contributed by atoms with van der Waals surface area (Å²) in [7, 11) is 0. The Morgan fingerprint density at radius 1 is 1.54 bits per heavy atom. The Labute approximate surface area is 81.1 Å². The Bertz CT molecular complexity index is 317. The topological polar surface area (TPSA) is 38.9 Å². The number of halogens is 4. The van der Waals surface area contributed by atoms with Gasteiger partial charge in [-0.3, -0.25) is 0 Å². The van der Waals surface area contributed by atoms with Crippen molar-refractivity contribution in [3.63, 3.8) is 0 Å². The zero-order chi connectivity index (χ0) is 10.0. The highest BCUT2D eigenvalue weighted by Crippen LogP contribution is 2.29. The zero-order valence-corrected chi connectivity index (χ0v) is 7.98. The predicted octanol–water partition coefficient (Wildman–Crippen LogP) is 2.38. The molecule has 0 aliphatic carbocycles. The fourth-order valence-electron chi connectivity index (χ4n) is 0.939. The van der Waals surface area contributed by atoms with Crippen LogP contribution in [-0.2, 0) is 6.54 Å². The molecule has 0 saturated heterocycles. The maximum atomic E-state index is 12.6. The molecule has 0 fully saturated rings. The second kappa shape index (κ2) is 4.06. The third kappa shape index (κ3) is 2.19. The lowest BCUT2D eigenvalue weighted by atomic mass is 10.1. The first kappa shape index (κ1) is 10.5. The SMILES string of the molecule is NCc1cc(F)nc(Br)c1C(F)F. The van der Waals surface area contributed by atoms with Gasteiger partial charge in [0.15, 0.2) is 0 Å². The lowest BCUT2D eigenvalue weighted by molar-refractivity contribution is 0.148. The van der Waals surface area contributed by atoms with Gasteiger partial charge in [-0.25, -0.2) is 13.8 Å². The van der Waals surface area contributed by atoms with Gasteiger partial charge in [-0.1, -0.05) is 0 Å². The maximum absolute atomic E-state index is 12.6. The van der Waals surface area contributed by atoms with Crippen LogP contribution < -0.4 is 5.73 Å². The minimum Gasteiger partial charge on any atom is -0.326 e. The third-order valence-electron chi connectivity index (χ3n) is 1.50. The van der Waals surface area contributed by atoms with Crippen LogP contribution >= 0.6 is 15.9 Å². The van der Waals surface area contributed by atoms with E-state index in [0.717, 1.165) is 6.07 Å². The fraction of sp³-hybridized carbons (Fsp3) is 0.286. The van der Waals surface area contributed by atoms with Crippen LogP contribution in [0.2, 0.25) is 0 Å². The average Bonchev–Trinajstić information content (AvgIpc) is 2.01. The summed E-state index contributed by atoms with van der Waals surface area (Å²) in [5.41, 5.74) is 4.90. The highest BCUT2D eigenvalue weighted by Gasteiger charge is 2.18. The van der Waals surface area contributed by atoms with E-state index in [0.29, 0.717) is 0 Å². The van der Waals surface area contributed by atoms with Crippen LogP contribution in [0.25, 0.3) is 0 Å². The van der Waals surface area contributed by atoms with Crippen LogP contribution in [-0.4, -0.2) is 4.98 Å². The second-order valence-electron chi connectivity index (χ2n) is 2.31. The third-order valence-corrected chi connectivity index (χ3v) is 2.11. The van der Waals surface area contributed by atoms with Crippen molar-refractivity contribution in [2.75, 3.05) is 0 Å². The fourth-order valence-corrected chi connectivity index (χ4v) is 1.54. The van der Waals surface area contributed by atoms with Crippen molar-refractivity contribution in [1.29, 1.82) is 0 Å². The van der Waals surface area contributed by atoms with Gasteiger partial charge in [0.05, 0.1) is 5.56 Å². The molecule has 0 bridgehead atoms. The van der Waals surface area contributed by atoms with Gasteiger partial charge in [0.1, 0.15) is 4.60 Å². The molecule has 1 heterocycles. The van der Waals surface area contributed by atoms with Crippen molar-refractivity contribution >= 4 is 15.9 Å². The maximum Gasteiger partial charge on any atom is 0.266 e. The number of nitrogens with zero attached hydrogens (tertiary/aromatic N) is 1. The summed E-state index contributed by atoms with van der Waals surface area (Å²) in [5, 5.41) is 0. The summed E-state index contributed by atoms with van der Waals surface area (Å²) in [5.74, 6) is -0.822. The van der Waals surface area contributed by atoms with Crippen LogP contribution in [0.3, 0.4) is 0 Å². The summed E-state index contributed by atoms with van der Waals surface area (Å²) in [6.45, 7) is -0.141. The van der Waals surface area contributed by atoms with E-state index in [9.17, 15) is 13.2 Å². The second-order valence-corrected chi connectivity index (χ2v) is 3.06. The van der Waals surface area contributed by atoms with Crippen molar-refractivity contribution in [3.05, 3.63) is 27.7 Å². The van der Waals surface area contributed by atoms with E-state index in [4.69, 9.17) is 5.73 Å². The molecular weight excluding hydrogens is 249 g/mol. The molecule has 2 nitrogen and oxygen atoms in total. The number of aromatic nitrogens is 1. The molecule has 6 heteroatoms. The molecule has 72 valence electrons. The minimum atomic E-state index is -2.71. The Morgan fingerprint density at radius 2 is 2.15 bits per heavy atom. The summed E-state index contributed by atoms with van der Waals surface area (Å²) < 4.78 is 37.1. The molecule has 0 aromatic carbocycles. The van der Waals surface area contributed by atoms with E-state index in [2.05, 4.69) is 20.9 Å². The minimum absolute atomic E-state index is 0.0642. The molecule has 0 amide bonds. The van der Waals surface area contributed by atoms with Gasteiger partial charge in [0.2, 0.25) is 5.95 Å². The Morgan fingerprint density at radius 3 is 2.62 bits per heavy atom. The van der Waals surface area contributed by atoms with Gasteiger partial charge in [0, 0.05) is 6.54 Å². The number of pyridine rings is 1. The van der Waals surface area contributed by atoms with Gasteiger partial charge in [-0.05, 0) is 27.6 Å². The molecule has 0 aliphatic rings. The normalized spacial score (nSPS) is 10.9. The monoisotopic (exact) mass is 254 g/mol. The number of alkyl halides is 2. The van der Waals surface area contributed by atoms with E-state index >= 15 is 0 Å². The molecular formula is C7H6BrF3N2. The highest BCUT2D eigenvalue weighted by atomic mass is 79.9. The molecule has 0 unspecified atom stereocenters. The van der Waals surface area contributed by atoms with E-state index in [1.54, 1.807) is 0 Å². The summed E-state index contributed by atoms with van der Waals surface area (Å²) in [4.78, 5) is 3.22. The first-order chi connectivity index (χ1) is 6.06. The molecule has 0 atom stereocenters. The number of hydrogen-bond donors (Lipinski definition) is 1. The predicted molar refractivity (Wildman–Crippen MR) is 44.7 cm³/mol. The summed E-state index contributed by atoms with van der Waals surface area (Å²) >= 11 is 2.75. The lowest BCUT2D eigenvalue weighted by Gasteiger charge is -2.08. The van der Waals surface area contributed by atoms with Gasteiger partial charge in [0.25, 0.3) is 6.43 Å². The van der Waals surface area contributed by atoms with Crippen LogP contribution in [0, 0.1) is 5.95 Å². The first-order valence-electron chi connectivity index (χ1n) is 3.39. The number of nitrogens with two attached hydrogens (primary N) is 1. The van der Waals surface area contributed by atoms with E-state index in [1.807, 2.05) is 0 Å². The number of rotatable bonds is 2. The van der Waals surface area contributed by atoms with E-state index in [-0.39, 0.29) is 22.3 Å². The smallest absolute Gasteiger partial charge is 0.266 e. The molecule has 1 rings (SSSR count). The van der Waals surface area contributed by atoms with E-state index < -0.39 is 12.4 Å². The molecule has 0 spiro atoms. The standard InChI is InChI=1S/C7H6BrF3N2/c8-6-5(7(10)11)3(2-12)1-4(9)13-6/h1,7H,2,12H2. The molecule has 0 aliphatic heterocycles. The van der Waals surface area contributed by atoms with Gasteiger partial charge >= 0.3 is 0 Å². The van der Waals surface area contributed by atoms with Crippen molar-refractivity contribution < 1.29 is 13.2 Å². The van der Waals surface area contributed by atoms with Crippen LogP contribution in [0.5, 0.6) is 0 Å². The van der Waals surface area contributed by atoms with Gasteiger partial charge in [-0.2, -0.15) is 4.39 Å². The highest BCUT2D eigenvalue weighted by molar-refractivity contribution is 9.10. The van der Waals surface area contributed by atoms with Crippen LogP contribution in [0.15, 0.2) is 10.7 Å². The lowest BCUT2D eigenvalue weighted by Crippen LogP contribution is -2.05. The van der Waals surface area contributed by atoms with Crippen molar-refractivity contribution in [2.24, 2.45) is 5.73 Å². The molecule has 1 aromatic rings. The zero-order valence-electron chi connectivity index (χ0n) is 6.40. The Kier molecular flexibility index (Phi) is 3.27. The van der Waals surface area contributed by atoms with Gasteiger partial charge < -0.3 is 5.73 Å². The van der Waals surface area contributed by atoms with Crippen LogP contribution in [0.4, 0.5) is 13.2 Å².